The van der Waals surface area contributed by atoms with Crippen LogP contribution in [-0.4, -0.2) is 12.0 Å². The summed E-state index contributed by atoms with van der Waals surface area (Å²) in [5, 5.41) is 2.57. The van der Waals surface area contributed by atoms with Crippen LogP contribution in [0.15, 0.2) is 42.5 Å². The number of halogens is 1. The summed E-state index contributed by atoms with van der Waals surface area (Å²) < 4.78 is 19.4. The van der Waals surface area contributed by atoms with Gasteiger partial charge < -0.3 is 10.1 Å². The summed E-state index contributed by atoms with van der Waals surface area (Å²) >= 11 is 0. The highest BCUT2D eigenvalue weighted by molar-refractivity contribution is 5.94. The number of ether oxygens (including phenoxy) is 1. The maximum absolute atomic E-state index is 13.6. The molecular weight excluding hydrogens is 281 g/mol. The highest BCUT2D eigenvalue weighted by Gasteiger charge is 2.19. The lowest BCUT2D eigenvalue weighted by Crippen LogP contribution is -2.32. The molecule has 22 heavy (non-hydrogen) atoms. The van der Waals surface area contributed by atoms with E-state index >= 15 is 0 Å². The molecule has 4 heteroatoms. The van der Waals surface area contributed by atoms with Gasteiger partial charge in [-0.15, -0.1) is 0 Å². The number of rotatable bonds is 5. The zero-order chi connectivity index (χ0) is 16.1. The number of amides is 1. The van der Waals surface area contributed by atoms with Crippen LogP contribution in [0, 0.1) is 19.7 Å². The van der Waals surface area contributed by atoms with Gasteiger partial charge >= 0.3 is 0 Å². The van der Waals surface area contributed by atoms with E-state index < -0.39 is 11.9 Å². The van der Waals surface area contributed by atoms with E-state index in [0.29, 0.717) is 12.2 Å². The minimum absolute atomic E-state index is 0.162. The maximum Gasteiger partial charge on any atom is 0.265 e. The molecule has 1 N–H and O–H groups in total. The molecule has 0 saturated heterocycles. The zero-order valence-corrected chi connectivity index (χ0v) is 13.0. The van der Waals surface area contributed by atoms with Crippen molar-refractivity contribution in [3.63, 3.8) is 0 Å². The number of anilines is 1. The smallest absolute Gasteiger partial charge is 0.265 e. The summed E-state index contributed by atoms with van der Waals surface area (Å²) in [5.74, 6) is -0.170. The Balaban J connectivity index is 2.10. The number of para-hydroxylation sites is 1. The average Bonchev–Trinajstić information content (AvgIpc) is 2.46. The Kier molecular flexibility index (Phi) is 5.15. The van der Waals surface area contributed by atoms with Crippen LogP contribution >= 0.6 is 0 Å². The van der Waals surface area contributed by atoms with Gasteiger partial charge in [-0.3, -0.25) is 4.79 Å². The Morgan fingerprint density at radius 3 is 2.41 bits per heavy atom. The first kappa shape index (κ1) is 16.0. The van der Waals surface area contributed by atoms with Crippen molar-refractivity contribution in [2.45, 2.75) is 33.3 Å². The molecule has 1 unspecified atom stereocenters. The van der Waals surface area contributed by atoms with E-state index in [4.69, 9.17) is 4.74 Å². The molecule has 2 aromatic carbocycles. The van der Waals surface area contributed by atoms with Gasteiger partial charge in [-0.2, -0.15) is 0 Å². The SMILES string of the molecule is CCC(Oc1cc(C)cc(C)c1)C(=O)Nc1ccccc1F. The van der Waals surface area contributed by atoms with E-state index in [1.165, 1.54) is 12.1 Å². The maximum atomic E-state index is 13.6. The molecule has 2 rings (SSSR count). The van der Waals surface area contributed by atoms with E-state index in [1.807, 2.05) is 39.0 Å². The molecule has 116 valence electrons. The quantitative estimate of drug-likeness (QED) is 0.897. The average molecular weight is 301 g/mol. The van der Waals surface area contributed by atoms with Crippen LogP contribution in [-0.2, 0) is 4.79 Å². The van der Waals surface area contributed by atoms with Gasteiger partial charge in [0.05, 0.1) is 5.69 Å². The molecule has 0 fully saturated rings. The Hall–Kier alpha value is -2.36. The number of hydrogen-bond acceptors (Lipinski definition) is 2. The molecule has 0 aliphatic heterocycles. The Labute approximate surface area is 130 Å². The van der Waals surface area contributed by atoms with Gasteiger partial charge in [-0.05, 0) is 55.7 Å². The van der Waals surface area contributed by atoms with Crippen LogP contribution in [0.3, 0.4) is 0 Å². The molecular formula is C18H20FNO2. The minimum Gasteiger partial charge on any atom is -0.481 e. The Morgan fingerprint density at radius 2 is 1.82 bits per heavy atom. The molecule has 1 atom stereocenters. The number of hydrogen-bond donors (Lipinski definition) is 1. The van der Waals surface area contributed by atoms with E-state index in [9.17, 15) is 9.18 Å². The van der Waals surface area contributed by atoms with Gasteiger partial charge in [0, 0.05) is 0 Å². The lowest BCUT2D eigenvalue weighted by molar-refractivity contribution is -0.122. The van der Waals surface area contributed by atoms with Crippen LogP contribution in [0.1, 0.15) is 24.5 Å². The molecule has 0 radical (unpaired) electrons. The van der Waals surface area contributed by atoms with Gasteiger partial charge in [-0.1, -0.05) is 25.1 Å². The summed E-state index contributed by atoms with van der Waals surface area (Å²) in [6.45, 7) is 5.80. The first-order chi connectivity index (χ1) is 10.5. The summed E-state index contributed by atoms with van der Waals surface area (Å²) in [6, 6.07) is 11.9. The van der Waals surface area contributed by atoms with Crippen molar-refractivity contribution >= 4 is 11.6 Å². The number of nitrogens with one attached hydrogen (secondary N) is 1. The van der Waals surface area contributed by atoms with Gasteiger partial charge in [-0.25, -0.2) is 4.39 Å². The molecule has 0 aliphatic rings. The lowest BCUT2D eigenvalue weighted by atomic mass is 10.1. The predicted octanol–water partition coefficient (Wildman–Crippen LogP) is 4.24. The molecule has 2 aromatic rings. The molecule has 0 saturated carbocycles. The van der Waals surface area contributed by atoms with Crippen LogP contribution in [0.4, 0.5) is 10.1 Å². The van der Waals surface area contributed by atoms with Gasteiger partial charge in [0.15, 0.2) is 6.10 Å². The number of benzene rings is 2. The van der Waals surface area contributed by atoms with Crippen LogP contribution in [0.5, 0.6) is 5.75 Å². The second-order valence-electron chi connectivity index (χ2n) is 5.31. The van der Waals surface area contributed by atoms with E-state index in [0.717, 1.165) is 11.1 Å². The highest BCUT2D eigenvalue weighted by Crippen LogP contribution is 2.20. The van der Waals surface area contributed by atoms with Gasteiger partial charge in [0.2, 0.25) is 0 Å². The third-order valence-electron chi connectivity index (χ3n) is 3.27. The lowest BCUT2D eigenvalue weighted by Gasteiger charge is -2.18. The fraction of sp³-hybridized carbons (Fsp3) is 0.278. The van der Waals surface area contributed by atoms with Crippen LogP contribution in [0.2, 0.25) is 0 Å². The van der Waals surface area contributed by atoms with Crippen LogP contribution < -0.4 is 10.1 Å². The summed E-state index contributed by atoms with van der Waals surface area (Å²) in [4.78, 5) is 12.3. The highest BCUT2D eigenvalue weighted by atomic mass is 19.1. The Morgan fingerprint density at radius 1 is 1.18 bits per heavy atom. The number of carbonyl (C=O) groups excluding carboxylic acids is 1. The topological polar surface area (TPSA) is 38.3 Å². The molecule has 0 aromatic heterocycles. The van der Waals surface area contributed by atoms with E-state index in [-0.39, 0.29) is 11.6 Å². The largest absolute Gasteiger partial charge is 0.481 e. The minimum atomic E-state index is -0.666. The molecule has 3 nitrogen and oxygen atoms in total. The summed E-state index contributed by atoms with van der Waals surface area (Å²) in [5.41, 5.74) is 2.30. The standard InChI is InChI=1S/C18H20FNO2/c1-4-17(22-14-10-12(2)9-13(3)11-14)18(21)20-16-8-6-5-7-15(16)19/h5-11,17H,4H2,1-3H3,(H,20,21). The fourth-order valence-electron chi connectivity index (χ4n) is 2.26. The van der Waals surface area contributed by atoms with Crippen molar-refractivity contribution in [1.82, 2.24) is 0 Å². The van der Waals surface area contributed by atoms with Gasteiger partial charge in [0.25, 0.3) is 5.91 Å². The second kappa shape index (κ2) is 7.07. The van der Waals surface area contributed by atoms with Crippen LogP contribution in [0.25, 0.3) is 0 Å². The fourth-order valence-corrected chi connectivity index (χ4v) is 2.26. The van der Waals surface area contributed by atoms with Crippen molar-refractivity contribution in [2.24, 2.45) is 0 Å². The predicted molar refractivity (Wildman–Crippen MR) is 85.7 cm³/mol. The van der Waals surface area contributed by atoms with Crippen molar-refractivity contribution in [1.29, 1.82) is 0 Å². The van der Waals surface area contributed by atoms with Crippen molar-refractivity contribution < 1.29 is 13.9 Å². The molecule has 0 aliphatic carbocycles. The third kappa shape index (κ3) is 4.07. The van der Waals surface area contributed by atoms with E-state index in [2.05, 4.69) is 5.32 Å². The van der Waals surface area contributed by atoms with E-state index in [1.54, 1.807) is 12.1 Å². The zero-order valence-electron chi connectivity index (χ0n) is 13.0. The first-order valence-electron chi connectivity index (χ1n) is 7.30. The molecule has 1 amide bonds. The molecule has 0 heterocycles. The normalized spacial score (nSPS) is 11.8. The van der Waals surface area contributed by atoms with Crippen molar-refractivity contribution in [2.75, 3.05) is 5.32 Å². The number of carbonyl (C=O) groups is 1. The Bertz CT molecular complexity index is 650. The van der Waals surface area contributed by atoms with Crippen molar-refractivity contribution in [3.05, 3.63) is 59.4 Å². The molecule has 0 spiro atoms. The van der Waals surface area contributed by atoms with Crippen molar-refractivity contribution in [3.8, 4) is 5.75 Å². The monoisotopic (exact) mass is 301 g/mol. The third-order valence-corrected chi connectivity index (χ3v) is 3.27. The number of aryl methyl sites for hydroxylation is 2. The summed E-state index contributed by atoms with van der Waals surface area (Å²) in [7, 11) is 0. The van der Waals surface area contributed by atoms with Gasteiger partial charge in [0.1, 0.15) is 11.6 Å². The summed E-state index contributed by atoms with van der Waals surface area (Å²) in [6.07, 6.45) is -0.173. The first-order valence-corrected chi connectivity index (χ1v) is 7.30. The molecule has 0 bridgehead atoms. The second-order valence-corrected chi connectivity index (χ2v) is 5.31.